The van der Waals surface area contributed by atoms with E-state index in [1.54, 1.807) is 0 Å². The smallest absolute Gasteiger partial charge is 0.187 e. The molecule has 6 atom stereocenters. The monoisotopic (exact) mass is 448 g/mol. The number of benzene rings is 3. The molecule has 2 aliphatic rings. The van der Waals surface area contributed by atoms with E-state index in [1.165, 1.54) is 0 Å². The third-order valence-electron chi connectivity index (χ3n) is 5.92. The standard InChI is InChI=1S/C27H28O6/c28-23-25(29-16-19-10-4-1-5-11-19)24-22(18-31-26(33-24)21-14-8-3-9-15-21)32-27(23)30-17-20-12-6-2-7-13-20/h1-15,22-28H,16-18H2/t22-,23+,24+,25-,26-,27+/m1/s1. The van der Waals surface area contributed by atoms with Crippen LogP contribution in [-0.2, 0) is 36.9 Å². The second-order valence-corrected chi connectivity index (χ2v) is 8.27. The molecule has 2 saturated heterocycles. The third kappa shape index (κ3) is 5.33. The molecule has 3 aromatic rings. The first-order chi connectivity index (χ1) is 16.3. The van der Waals surface area contributed by atoms with Crippen molar-refractivity contribution < 1.29 is 28.8 Å². The van der Waals surface area contributed by atoms with Gasteiger partial charge in [-0.1, -0.05) is 91.0 Å². The molecule has 6 nitrogen and oxygen atoms in total. The van der Waals surface area contributed by atoms with Crippen LogP contribution in [0.3, 0.4) is 0 Å². The number of hydrogen-bond donors (Lipinski definition) is 1. The maximum atomic E-state index is 11.2. The van der Waals surface area contributed by atoms with Gasteiger partial charge in [-0.05, 0) is 11.1 Å². The Bertz CT molecular complexity index is 983. The van der Waals surface area contributed by atoms with Crippen molar-refractivity contribution in [3.8, 4) is 0 Å². The topological polar surface area (TPSA) is 66.4 Å². The molecule has 0 spiro atoms. The minimum Gasteiger partial charge on any atom is -0.385 e. The maximum Gasteiger partial charge on any atom is 0.187 e. The second kappa shape index (κ2) is 10.6. The third-order valence-corrected chi connectivity index (χ3v) is 5.92. The summed E-state index contributed by atoms with van der Waals surface area (Å²) < 4.78 is 30.5. The quantitative estimate of drug-likeness (QED) is 0.590. The van der Waals surface area contributed by atoms with Crippen LogP contribution in [0.1, 0.15) is 23.0 Å². The van der Waals surface area contributed by atoms with E-state index >= 15 is 0 Å². The fourth-order valence-electron chi connectivity index (χ4n) is 4.19. The average Bonchev–Trinajstić information content (AvgIpc) is 2.88. The highest BCUT2D eigenvalue weighted by Gasteiger charge is 2.50. The molecule has 6 heteroatoms. The van der Waals surface area contributed by atoms with Gasteiger partial charge in [0.1, 0.15) is 24.4 Å². The first kappa shape index (κ1) is 22.2. The highest BCUT2D eigenvalue weighted by atomic mass is 16.8. The van der Waals surface area contributed by atoms with E-state index in [2.05, 4.69) is 0 Å². The van der Waals surface area contributed by atoms with E-state index in [-0.39, 0.29) is 0 Å². The van der Waals surface area contributed by atoms with Crippen molar-refractivity contribution >= 4 is 0 Å². The summed E-state index contributed by atoms with van der Waals surface area (Å²) in [6, 6.07) is 29.4. The highest BCUT2D eigenvalue weighted by molar-refractivity contribution is 5.17. The fraction of sp³-hybridized carbons (Fsp3) is 0.333. The summed E-state index contributed by atoms with van der Waals surface area (Å²) in [6.45, 7) is 0.977. The van der Waals surface area contributed by atoms with Crippen LogP contribution in [0.5, 0.6) is 0 Å². The molecule has 0 aliphatic carbocycles. The molecule has 0 aromatic heterocycles. The van der Waals surface area contributed by atoms with Gasteiger partial charge in [-0.15, -0.1) is 0 Å². The van der Waals surface area contributed by atoms with Crippen molar-refractivity contribution in [3.05, 3.63) is 108 Å². The average molecular weight is 449 g/mol. The van der Waals surface area contributed by atoms with E-state index in [0.29, 0.717) is 19.8 Å². The van der Waals surface area contributed by atoms with Gasteiger partial charge in [0, 0.05) is 5.56 Å². The Morgan fingerprint density at radius 1 is 0.727 bits per heavy atom. The normalized spacial score (nSPS) is 29.4. The zero-order chi connectivity index (χ0) is 22.5. The van der Waals surface area contributed by atoms with Crippen molar-refractivity contribution in [1.82, 2.24) is 0 Å². The van der Waals surface area contributed by atoms with Crippen LogP contribution in [0.25, 0.3) is 0 Å². The van der Waals surface area contributed by atoms with Crippen LogP contribution in [-0.4, -0.2) is 42.4 Å². The zero-order valence-electron chi connectivity index (χ0n) is 18.2. The molecule has 0 amide bonds. The van der Waals surface area contributed by atoms with Crippen molar-refractivity contribution in [2.75, 3.05) is 6.61 Å². The molecule has 0 bridgehead atoms. The van der Waals surface area contributed by atoms with Gasteiger partial charge in [-0.2, -0.15) is 0 Å². The summed E-state index contributed by atoms with van der Waals surface area (Å²) >= 11 is 0. The minimum absolute atomic E-state index is 0.313. The molecule has 0 radical (unpaired) electrons. The van der Waals surface area contributed by atoms with Gasteiger partial charge in [0.2, 0.25) is 0 Å². The molecule has 2 fully saturated rings. The Morgan fingerprint density at radius 3 is 1.94 bits per heavy atom. The number of fused-ring (bicyclic) bond motifs is 1. The lowest BCUT2D eigenvalue weighted by Crippen LogP contribution is -2.62. The first-order valence-corrected chi connectivity index (χ1v) is 11.2. The predicted octanol–water partition coefficient (Wildman–Crippen LogP) is 3.99. The van der Waals surface area contributed by atoms with Crippen LogP contribution in [0.15, 0.2) is 91.0 Å². The Hall–Kier alpha value is -2.58. The first-order valence-electron chi connectivity index (χ1n) is 11.2. The van der Waals surface area contributed by atoms with E-state index in [1.807, 2.05) is 91.0 Å². The predicted molar refractivity (Wildman–Crippen MR) is 121 cm³/mol. The lowest BCUT2D eigenvalue weighted by molar-refractivity contribution is -0.368. The molecule has 0 saturated carbocycles. The van der Waals surface area contributed by atoms with Crippen LogP contribution in [0, 0.1) is 0 Å². The molecule has 0 unspecified atom stereocenters. The van der Waals surface area contributed by atoms with Crippen LogP contribution in [0.4, 0.5) is 0 Å². The van der Waals surface area contributed by atoms with E-state index in [4.69, 9.17) is 23.7 Å². The van der Waals surface area contributed by atoms with Gasteiger partial charge in [-0.25, -0.2) is 0 Å². The van der Waals surface area contributed by atoms with Crippen molar-refractivity contribution in [2.45, 2.75) is 50.2 Å². The number of ether oxygens (including phenoxy) is 5. The summed E-state index contributed by atoms with van der Waals surface area (Å²) in [4.78, 5) is 0. The largest absolute Gasteiger partial charge is 0.385 e. The van der Waals surface area contributed by atoms with E-state index in [9.17, 15) is 5.11 Å². The van der Waals surface area contributed by atoms with Gasteiger partial charge in [0.15, 0.2) is 12.6 Å². The van der Waals surface area contributed by atoms with E-state index < -0.39 is 37.0 Å². The zero-order valence-corrected chi connectivity index (χ0v) is 18.2. The van der Waals surface area contributed by atoms with Crippen molar-refractivity contribution in [2.24, 2.45) is 0 Å². The second-order valence-electron chi connectivity index (χ2n) is 8.27. The van der Waals surface area contributed by atoms with Crippen LogP contribution >= 0.6 is 0 Å². The summed E-state index contributed by atoms with van der Waals surface area (Å²) in [5.74, 6) is 0. The van der Waals surface area contributed by atoms with Gasteiger partial charge >= 0.3 is 0 Å². The molecule has 5 rings (SSSR count). The Kier molecular flexibility index (Phi) is 7.12. The van der Waals surface area contributed by atoms with Crippen LogP contribution < -0.4 is 0 Å². The van der Waals surface area contributed by atoms with Crippen molar-refractivity contribution in [1.29, 1.82) is 0 Å². The molecular weight excluding hydrogens is 420 g/mol. The number of aliphatic hydroxyl groups is 1. The van der Waals surface area contributed by atoms with Gasteiger partial charge in [0.05, 0.1) is 19.8 Å². The lowest BCUT2D eigenvalue weighted by atomic mass is 9.97. The number of rotatable bonds is 7. The Labute approximate surface area is 193 Å². The van der Waals surface area contributed by atoms with Gasteiger partial charge in [0.25, 0.3) is 0 Å². The molecule has 3 aromatic carbocycles. The summed E-state index contributed by atoms with van der Waals surface area (Å²) in [5, 5.41) is 11.2. The van der Waals surface area contributed by atoms with Crippen LogP contribution in [0.2, 0.25) is 0 Å². The fourth-order valence-corrected chi connectivity index (χ4v) is 4.19. The number of aliphatic hydroxyl groups excluding tert-OH is 1. The minimum atomic E-state index is -1.02. The van der Waals surface area contributed by atoms with Gasteiger partial charge in [-0.3, -0.25) is 0 Å². The SMILES string of the molecule is O[C@@H]1[C@@H](OCc2ccccc2)O[C@@H]2CO[C@@H](c3ccccc3)O[C@@H]2[C@@H]1OCc1ccccc1. The lowest BCUT2D eigenvalue weighted by Gasteiger charge is -2.47. The molecule has 33 heavy (non-hydrogen) atoms. The molecule has 2 aliphatic heterocycles. The molecular formula is C27H28O6. The summed E-state index contributed by atoms with van der Waals surface area (Å²) in [7, 11) is 0. The maximum absolute atomic E-state index is 11.2. The van der Waals surface area contributed by atoms with Gasteiger partial charge < -0.3 is 28.8 Å². The highest BCUT2D eigenvalue weighted by Crippen LogP contribution is 2.36. The summed E-state index contributed by atoms with van der Waals surface area (Å²) in [6.07, 6.45) is -3.98. The van der Waals surface area contributed by atoms with E-state index in [0.717, 1.165) is 16.7 Å². The molecule has 2 heterocycles. The summed E-state index contributed by atoms with van der Waals surface area (Å²) in [5.41, 5.74) is 2.92. The number of hydrogen-bond acceptors (Lipinski definition) is 6. The Balaban J connectivity index is 1.32. The molecule has 172 valence electrons. The Morgan fingerprint density at radius 2 is 1.30 bits per heavy atom. The molecule has 1 N–H and O–H groups in total. The van der Waals surface area contributed by atoms with Crippen molar-refractivity contribution in [3.63, 3.8) is 0 Å².